The number of aliphatic carboxylic acids is 1. The molecule has 0 aromatic heterocycles. The molecule has 7 heteroatoms. The number of thioether (sulfide) groups is 1. The quantitative estimate of drug-likeness (QED) is 0.873. The fourth-order valence-corrected chi connectivity index (χ4v) is 4.19. The second-order valence-electron chi connectivity index (χ2n) is 5.55. The third-order valence-electron chi connectivity index (χ3n) is 4.03. The molecule has 130 valence electrons. The number of phenols is 1. The van der Waals surface area contributed by atoms with E-state index in [9.17, 15) is 19.8 Å². The molecule has 0 aliphatic carbocycles. The van der Waals surface area contributed by atoms with Gasteiger partial charge in [0.1, 0.15) is 11.4 Å². The second-order valence-corrected chi connectivity index (χ2v) is 6.66. The minimum absolute atomic E-state index is 0.00929. The summed E-state index contributed by atoms with van der Waals surface area (Å²) in [4.78, 5) is 25.9. The molecule has 6 nitrogen and oxygen atoms in total. The average Bonchev–Trinajstić information content (AvgIpc) is 3.07. The zero-order valence-electron chi connectivity index (χ0n) is 13.5. The van der Waals surface area contributed by atoms with Crippen LogP contribution in [-0.2, 0) is 4.79 Å². The molecule has 2 unspecified atom stereocenters. The molecule has 2 aromatic carbocycles. The van der Waals surface area contributed by atoms with E-state index in [0.717, 1.165) is 0 Å². The summed E-state index contributed by atoms with van der Waals surface area (Å²) in [7, 11) is 1.44. The lowest BCUT2D eigenvalue weighted by Gasteiger charge is -2.28. The summed E-state index contributed by atoms with van der Waals surface area (Å²) in [6.07, 6.45) is 0. The summed E-state index contributed by atoms with van der Waals surface area (Å²) < 4.78 is 5.12. The standard InChI is InChI=1S/C18H17NO5S/c1-24-15-9-12(7-8-14(15)20)17-19(13(10-25-17)18(22)23)16(21)11-5-3-2-4-6-11/h2-9,13,17,20H,10H2,1H3,(H,22,23). The van der Waals surface area contributed by atoms with E-state index >= 15 is 0 Å². The summed E-state index contributed by atoms with van der Waals surface area (Å²) in [5.74, 6) is -0.809. The normalized spacial score (nSPS) is 19.6. The van der Waals surface area contributed by atoms with Crippen LogP contribution >= 0.6 is 11.8 Å². The smallest absolute Gasteiger partial charge is 0.327 e. The number of carbonyl (C=O) groups is 2. The Morgan fingerprint density at radius 2 is 1.92 bits per heavy atom. The lowest BCUT2D eigenvalue weighted by atomic mass is 10.1. The molecule has 3 rings (SSSR count). The number of hydrogen-bond donors (Lipinski definition) is 2. The van der Waals surface area contributed by atoms with Crippen molar-refractivity contribution < 1.29 is 24.5 Å². The Kier molecular flexibility index (Phi) is 4.85. The molecule has 0 saturated carbocycles. The van der Waals surface area contributed by atoms with Gasteiger partial charge in [0, 0.05) is 11.3 Å². The van der Waals surface area contributed by atoms with Gasteiger partial charge < -0.3 is 19.8 Å². The highest BCUT2D eigenvalue weighted by Crippen LogP contribution is 2.44. The van der Waals surface area contributed by atoms with Crippen LogP contribution in [0.2, 0.25) is 0 Å². The third-order valence-corrected chi connectivity index (χ3v) is 5.35. The Bertz CT molecular complexity index is 795. The van der Waals surface area contributed by atoms with Gasteiger partial charge in [0.05, 0.1) is 7.11 Å². The van der Waals surface area contributed by atoms with Crippen molar-refractivity contribution in [1.82, 2.24) is 4.90 Å². The summed E-state index contributed by atoms with van der Waals surface area (Å²) in [6.45, 7) is 0. The first-order chi connectivity index (χ1) is 12.0. The van der Waals surface area contributed by atoms with Gasteiger partial charge in [0.25, 0.3) is 5.91 Å². The molecule has 2 atom stereocenters. The number of carbonyl (C=O) groups excluding carboxylic acids is 1. The fraction of sp³-hybridized carbons (Fsp3) is 0.222. The maximum Gasteiger partial charge on any atom is 0.327 e. The number of ether oxygens (including phenoxy) is 1. The number of methoxy groups -OCH3 is 1. The van der Waals surface area contributed by atoms with Crippen LogP contribution in [0.3, 0.4) is 0 Å². The van der Waals surface area contributed by atoms with Crippen LogP contribution in [0.1, 0.15) is 21.3 Å². The van der Waals surface area contributed by atoms with E-state index in [2.05, 4.69) is 0 Å². The van der Waals surface area contributed by atoms with Crippen LogP contribution in [0, 0.1) is 0 Å². The number of hydrogen-bond acceptors (Lipinski definition) is 5. The lowest BCUT2D eigenvalue weighted by Crippen LogP contribution is -2.42. The predicted molar refractivity (Wildman–Crippen MR) is 93.9 cm³/mol. The van der Waals surface area contributed by atoms with E-state index in [0.29, 0.717) is 16.9 Å². The highest BCUT2D eigenvalue weighted by Gasteiger charge is 2.42. The number of amides is 1. The minimum atomic E-state index is -1.04. The SMILES string of the molecule is COc1cc(C2SCC(C(=O)O)N2C(=O)c2ccccc2)ccc1O. The first-order valence-electron chi connectivity index (χ1n) is 7.62. The Labute approximate surface area is 149 Å². The van der Waals surface area contributed by atoms with Gasteiger partial charge in [-0.15, -0.1) is 11.8 Å². The highest BCUT2D eigenvalue weighted by molar-refractivity contribution is 7.99. The Hall–Kier alpha value is -2.67. The second kappa shape index (κ2) is 7.06. The topological polar surface area (TPSA) is 87.1 Å². The molecule has 2 aromatic rings. The largest absolute Gasteiger partial charge is 0.504 e. The van der Waals surface area contributed by atoms with Crippen LogP contribution in [0.15, 0.2) is 48.5 Å². The molecular weight excluding hydrogens is 342 g/mol. The lowest BCUT2D eigenvalue weighted by molar-refractivity contribution is -0.141. The van der Waals surface area contributed by atoms with Gasteiger partial charge in [0.15, 0.2) is 11.5 Å². The Morgan fingerprint density at radius 3 is 2.56 bits per heavy atom. The maximum atomic E-state index is 12.9. The van der Waals surface area contributed by atoms with Crippen molar-refractivity contribution in [2.24, 2.45) is 0 Å². The zero-order chi connectivity index (χ0) is 18.0. The number of aromatic hydroxyl groups is 1. The van der Waals surface area contributed by atoms with Crippen molar-refractivity contribution in [3.05, 3.63) is 59.7 Å². The first-order valence-corrected chi connectivity index (χ1v) is 8.67. The van der Waals surface area contributed by atoms with Gasteiger partial charge >= 0.3 is 5.97 Å². The van der Waals surface area contributed by atoms with E-state index in [1.807, 2.05) is 0 Å². The number of nitrogens with zero attached hydrogens (tertiary/aromatic N) is 1. The molecule has 1 fully saturated rings. The van der Waals surface area contributed by atoms with Gasteiger partial charge in [-0.25, -0.2) is 4.79 Å². The van der Waals surface area contributed by atoms with Crippen molar-refractivity contribution in [2.45, 2.75) is 11.4 Å². The number of rotatable bonds is 4. The van der Waals surface area contributed by atoms with E-state index < -0.39 is 17.4 Å². The van der Waals surface area contributed by atoms with Crippen molar-refractivity contribution in [1.29, 1.82) is 0 Å². The molecule has 1 saturated heterocycles. The molecule has 0 radical (unpaired) electrons. The van der Waals surface area contributed by atoms with Crippen LogP contribution in [0.4, 0.5) is 0 Å². The van der Waals surface area contributed by atoms with E-state index in [4.69, 9.17) is 4.74 Å². The number of phenolic OH excluding ortho intramolecular Hbond substituents is 1. The molecule has 1 aliphatic heterocycles. The monoisotopic (exact) mass is 359 g/mol. The maximum absolute atomic E-state index is 12.9. The van der Waals surface area contributed by atoms with E-state index in [1.54, 1.807) is 42.5 Å². The van der Waals surface area contributed by atoms with Gasteiger partial charge in [-0.05, 0) is 29.8 Å². The van der Waals surface area contributed by atoms with Crippen molar-refractivity contribution in [3.63, 3.8) is 0 Å². The molecule has 25 heavy (non-hydrogen) atoms. The van der Waals surface area contributed by atoms with Crippen molar-refractivity contribution in [2.75, 3.05) is 12.9 Å². The predicted octanol–water partition coefficient (Wildman–Crippen LogP) is 2.74. The van der Waals surface area contributed by atoms with Crippen LogP contribution in [0.25, 0.3) is 0 Å². The van der Waals surface area contributed by atoms with E-state index in [1.165, 1.54) is 29.8 Å². The van der Waals surface area contributed by atoms with Crippen LogP contribution in [0.5, 0.6) is 11.5 Å². The highest BCUT2D eigenvalue weighted by atomic mass is 32.2. The molecular formula is C18H17NO5S. The Morgan fingerprint density at radius 1 is 1.20 bits per heavy atom. The van der Waals surface area contributed by atoms with Crippen molar-refractivity contribution >= 4 is 23.6 Å². The number of benzene rings is 2. The van der Waals surface area contributed by atoms with Gasteiger partial charge in [-0.1, -0.05) is 24.3 Å². The molecule has 0 bridgehead atoms. The van der Waals surface area contributed by atoms with Crippen LogP contribution in [-0.4, -0.2) is 45.9 Å². The summed E-state index contributed by atoms with van der Waals surface area (Å²) in [5.41, 5.74) is 1.14. The third kappa shape index (κ3) is 3.28. The Balaban J connectivity index is 2.00. The van der Waals surface area contributed by atoms with E-state index in [-0.39, 0.29) is 17.4 Å². The minimum Gasteiger partial charge on any atom is -0.504 e. The van der Waals surface area contributed by atoms with Crippen molar-refractivity contribution in [3.8, 4) is 11.5 Å². The van der Waals surface area contributed by atoms with Crippen LogP contribution < -0.4 is 4.74 Å². The summed E-state index contributed by atoms with van der Waals surface area (Å²) in [6, 6.07) is 12.5. The summed E-state index contributed by atoms with van der Waals surface area (Å²) in [5, 5.41) is 18.8. The van der Waals surface area contributed by atoms with Gasteiger partial charge in [0.2, 0.25) is 0 Å². The zero-order valence-corrected chi connectivity index (χ0v) is 14.3. The number of carboxylic acids is 1. The molecule has 1 amide bonds. The average molecular weight is 359 g/mol. The molecule has 1 heterocycles. The van der Waals surface area contributed by atoms with Gasteiger partial charge in [-0.3, -0.25) is 4.79 Å². The molecule has 0 spiro atoms. The fourth-order valence-electron chi connectivity index (χ4n) is 2.78. The first kappa shape index (κ1) is 17.2. The molecule has 2 N–H and O–H groups in total. The summed E-state index contributed by atoms with van der Waals surface area (Å²) >= 11 is 1.38. The number of carboxylic acid groups (broad SMARTS) is 1. The molecule has 1 aliphatic rings. The van der Waals surface area contributed by atoms with Gasteiger partial charge in [-0.2, -0.15) is 0 Å².